The minimum Gasteiger partial charge on any atom is -0.313 e. The summed E-state index contributed by atoms with van der Waals surface area (Å²) in [7, 11) is 0. The van der Waals surface area contributed by atoms with Gasteiger partial charge in [0.2, 0.25) is 0 Å². The Morgan fingerprint density at radius 2 is 1.85 bits per heavy atom. The second-order valence-corrected chi connectivity index (χ2v) is 5.35. The van der Waals surface area contributed by atoms with E-state index in [4.69, 9.17) is 0 Å². The molecule has 2 heteroatoms. The van der Waals surface area contributed by atoms with Crippen LogP contribution in [0, 0.1) is 12.7 Å². The van der Waals surface area contributed by atoms with Gasteiger partial charge in [-0.2, -0.15) is 0 Å². The average Bonchev–Trinajstić information content (AvgIpc) is 2.47. The summed E-state index contributed by atoms with van der Waals surface area (Å²) in [5, 5.41) is 3.40. The molecule has 0 aromatic heterocycles. The minimum absolute atomic E-state index is 0.162. The van der Waals surface area contributed by atoms with Crippen LogP contribution in [-0.4, -0.2) is 6.54 Å². The summed E-state index contributed by atoms with van der Waals surface area (Å²) in [6, 6.07) is 15.5. The van der Waals surface area contributed by atoms with Crippen LogP contribution >= 0.6 is 0 Å². The van der Waals surface area contributed by atoms with Crippen molar-refractivity contribution in [2.24, 2.45) is 0 Å². The highest BCUT2D eigenvalue weighted by molar-refractivity contribution is 5.26. The molecule has 0 heterocycles. The van der Waals surface area contributed by atoms with Crippen LogP contribution in [0.25, 0.3) is 0 Å². The zero-order valence-electron chi connectivity index (χ0n) is 12.2. The van der Waals surface area contributed by atoms with Gasteiger partial charge >= 0.3 is 0 Å². The monoisotopic (exact) mass is 271 g/mol. The molecule has 1 N–H and O–H groups in total. The highest BCUT2D eigenvalue weighted by Gasteiger charge is 2.05. The van der Waals surface area contributed by atoms with Crippen LogP contribution in [0.15, 0.2) is 48.5 Å². The quantitative estimate of drug-likeness (QED) is 0.767. The fraction of sp³-hybridized carbons (Fsp3) is 0.333. The maximum absolute atomic E-state index is 13.2. The van der Waals surface area contributed by atoms with Crippen molar-refractivity contribution >= 4 is 0 Å². The lowest BCUT2D eigenvalue weighted by molar-refractivity contribution is 0.587. The molecule has 1 unspecified atom stereocenters. The summed E-state index contributed by atoms with van der Waals surface area (Å²) < 4.78 is 13.2. The van der Waals surface area contributed by atoms with E-state index in [1.54, 1.807) is 6.07 Å². The third-order valence-electron chi connectivity index (χ3n) is 3.75. The van der Waals surface area contributed by atoms with E-state index in [-0.39, 0.29) is 5.82 Å². The van der Waals surface area contributed by atoms with Crippen LogP contribution in [0.4, 0.5) is 4.39 Å². The smallest absolute Gasteiger partial charge is 0.123 e. The van der Waals surface area contributed by atoms with Crippen molar-refractivity contribution in [1.29, 1.82) is 0 Å². The zero-order chi connectivity index (χ0) is 14.4. The van der Waals surface area contributed by atoms with Crippen LogP contribution in [0.5, 0.6) is 0 Å². The predicted molar refractivity (Wildman–Crippen MR) is 82.3 cm³/mol. The summed E-state index contributed by atoms with van der Waals surface area (Å²) in [4.78, 5) is 0. The maximum atomic E-state index is 13.2. The van der Waals surface area contributed by atoms with Gasteiger partial charge in [-0.05, 0) is 54.6 Å². The largest absolute Gasteiger partial charge is 0.313 e. The fourth-order valence-corrected chi connectivity index (χ4v) is 2.32. The number of nitrogens with one attached hydrogen (secondary N) is 1. The Kier molecular flexibility index (Phi) is 5.31. The Morgan fingerprint density at radius 1 is 1.10 bits per heavy atom. The van der Waals surface area contributed by atoms with E-state index >= 15 is 0 Å². The fourth-order valence-electron chi connectivity index (χ4n) is 2.32. The van der Waals surface area contributed by atoms with E-state index in [0.717, 1.165) is 30.6 Å². The average molecular weight is 271 g/mol. The van der Waals surface area contributed by atoms with E-state index < -0.39 is 0 Å². The Labute approximate surface area is 120 Å². The minimum atomic E-state index is -0.162. The van der Waals surface area contributed by atoms with E-state index in [9.17, 15) is 4.39 Å². The van der Waals surface area contributed by atoms with Gasteiger partial charge in [0.15, 0.2) is 0 Å². The number of halogens is 1. The molecule has 0 aliphatic rings. The molecule has 0 aliphatic heterocycles. The molecule has 0 aliphatic carbocycles. The zero-order valence-corrected chi connectivity index (χ0v) is 12.2. The van der Waals surface area contributed by atoms with Crippen LogP contribution in [0.2, 0.25) is 0 Å². The van der Waals surface area contributed by atoms with Crippen molar-refractivity contribution < 1.29 is 4.39 Å². The van der Waals surface area contributed by atoms with Crippen molar-refractivity contribution in [1.82, 2.24) is 5.32 Å². The van der Waals surface area contributed by atoms with Crippen LogP contribution < -0.4 is 5.32 Å². The molecule has 106 valence electrons. The molecular weight excluding hydrogens is 249 g/mol. The second-order valence-electron chi connectivity index (χ2n) is 5.35. The second kappa shape index (κ2) is 7.20. The Bertz CT molecular complexity index is 536. The maximum Gasteiger partial charge on any atom is 0.123 e. The van der Waals surface area contributed by atoms with Crippen LogP contribution in [0.1, 0.15) is 36.0 Å². The third kappa shape index (κ3) is 4.17. The number of hydrogen-bond donors (Lipinski definition) is 1. The van der Waals surface area contributed by atoms with Crippen molar-refractivity contribution in [3.63, 3.8) is 0 Å². The molecule has 0 saturated carbocycles. The lowest BCUT2D eigenvalue weighted by Crippen LogP contribution is -2.17. The summed E-state index contributed by atoms with van der Waals surface area (Å²) in [6.07, 6.45) is 1.08. The van der Waals surface area contributed by atoms with Gasteiger partial charge in [-0.15, -0.1) is 0 Å². The van der Waals surface area contributed by atoms with E-state index in [2.05, 4.69) is 36.5 Å². The molecule has 0 radical (unpaired) electrons. The molecule has 0 saturated heterocycles. The van der Waals surface area contributed by atoms with Gasteiger partial charge in [0.05, 0.1) is 0 Å². The van der Waals surface area contributed by atoms with Crippen LogP contribution in [0.3, 0.4) is 0 Å². The molecule has 2 aromatic rings. The first-order valence-electron chi connectivity index (χ1n) is 7.17. The Morgan fingerprint density at radius 3 is 2.60 bits per heavy atom. The summed E-state index contributed by atoms with van der Waals surface area (Å²) >= 11 is 0. The Hall–Kier alpha value is -1.67. The van der Waals surface area contributed by atoms with Crippen LogP contribution in [-0.2, 0) is 6.54 Å². The van der Waals surface area contributed by atoms with Gasteiger partial charge in [-0.3, -0.25) is 0 Å². The van der Waals surface area contributed by atoms with Crippen molar-refractivity contribution in [2.45, 2.75) is 32.7 Å². The number of benzene rings is 2. The molecular formula is C18H22FN. The summed E-state index contributed by atoms with van der Waals surface area (Å²) in [5.41, 5.74) is 3.55. The van der Waals surface area contributed by atoms with Gasteiger partial charge in [0.1, 0.15) is 5.82 Å². The predicted octanol–water partition coefficient (Wildman–Crippen LogP) is 4.42. The summed E-state index contributed by atoms with van der Waals surface area (Å²) in [5.74, 6) is 0.377. The molecule has 20 heavy (non-hydrogen) atoms. The number of hydrogen-bond acceptors (Lipinski definition) is 1. The highest BCUT2D eigenvalue weighted by atomic mass is 19.1. The van der Waals surface area contributed by atoms with Gasteiger partial charge in [-0.1, -0.05) is 43.3 Å². The molecule has 0 bridgehead atoms. The molecule has 0 amide bonds. The van der Waals surface area contributed by atoms with Gasteiger partial charge in [-0.25, -0.2) is 4.39 Å². The van der Waals surface area contributed by atoms with Crippen molar-refractivity contribution in [3.05, 3.63) is 71.0 Å². The first-order chi connectivity index (χ1) is 9.66. The first kappa shape index (κ1) is 14.7. The molecule has 1 atom stereocenters. The highest BCUT2D eigenvalue weighted by Crippen LogP contribution is 2.17. The van der Waals surface area contributed by atoms with E-state index in [0.29, 0.717) is 5.92 Å². The lowest BCUT2D eigenvalue weighted by atomic mass is 9.98. The molecule has 2 rings (SSSR count). The topological polar surface area (TPSA) is 12.0 Å². The van der Waals surface area contributed by atoms with Gasteiger partial charge in [0.25, 0.3) is 0 Å². The van der Waals surface area contributed by atoms with E-state index in [1.165, 1.54) is 11.6 Å². The first-order valence-corrected chi connectivity index (χ1v) is 7.17. The number of aryl methyl sites for hydroxylation is 1. The summed E-state index contributed by atoms with van der Waals surface area (Å²) in [6.45, 7) is 5.92. The Balaban J connectivity index is 1.78. The van der Waals surface area contributed by atoms with Crippen molar-refractivity contribution in [2.75, 3.05) is 6.54 Å². The molecule has 2 aromatic carbocycles. The van der Waals surface area contributed by atoms with Crippen molar-refractivity contribution in [3.8, 4) is 0 Å². The standard InChI is InChI=1S/C18H22FN/c1-14-8-9-18(19)12-17(14)13-20-11-10-15(2)16-6-4-3-5-7-16/h3-9,12,15,20H,10-11,13H2,1-2H3. The third-order valence-corrected chi connectivity index (χ3v) is 3.75. The van der Waals surface area contributed by atoms with Gasteiger partial charge in [0, 0.05) is 6.54 Å². The van der Waals surface area contributed by atoms with Gasteiger partial charge < -0.3 is 5.32 Å². The van der Waals surface area contributed by atoms with E-state index in [1.807, 2.05) is 19.1 Å². The molecule has 0 fully saturated rings. The lowest BCUT2D eigenvalue weighted by Gasteiger charge is -2.13. The molecule has 1 nitrogen and oxygen atoms in total. The SMILES string of the molecule is Cc1ccc(F)cc1CNCCC(C)c1ccccc1. The number of rotatable bonds is 6. The molecule has 0 spiro atoms. The normalized spacial score (nSPS) is 12.3.